The molecule has 1 aromatic carbocycles. The van der Waals surface area contributed by atoms with E-state index in [-0.39, 0.29) is 12.8 Å². The minimum Gasteiger partial charge on any atom is -0.460 e. The number of para-hydroxylation sites is 1. The van der Waals surface area contributed by atoms with Crippen LogP contribution >= 0.6 is 22.6 Å². The molecular weight excluding hydrogens is 515 g/mol. The maximum atomic E-state index is 13.0. The molecule has 0 spiro atoms. The standard InChI is InChI=1S/C22H33IN2O6/c1-21(2,3)30-18(26)13-12-17(19(27)31-22(4,5)6)25(24-15-14-23)20(28)29-16-10-8-7-9-11-16/h7-11,17,24H,12-15H2,1-6H3/t17-/m0/s1. The van der Waals surface area contributed by atoms with E-state index in [9.17, 15) is 14.4 Å². The van der Waals surface area contributed by atoms with Gasteiger partial charge in [0.25, 0.3) is 0 Å². The summed E-state index contributed by atoms with van der Waals surface area (Å²) in [5.74, 6) is -0.766. The lowest BCUT2D eigenvalue weighted by Gasteiger charge is -2.32. The zero-order valence-corrected chi connectivity index (χ0v) is 21.2. The first-order chi connectivity index (χ1) is 14.3. The van der Waals surface area contributed by atoms with Crippen LogP contribution in [0.5, 0.6) is 5.75 Å². The summed E-state index contributed by atoms with van der Waals surface area (Å²) >= 11 is 2.15. The number of alkyl halides is 1. The summed E-state index contributed by atoms with van der Waals surface area (Å²) in [6.45, 7) is 10.9. The van der Waals surface area contributed by atoms with Gasteiger partial charge in [0.1, 0.15) is 23.0 Å². The second kappa shape index (κ2) is 12.2. The average Bonchev–Trinajstić information content (AvgIpc) is 2.62. The molecule has 0 radical (unpaired) electrons. The first kappa shape index (κ1) is 27.2. The molecule has 0 heterocycles. The Morgan fingerprint density at radius 1 is 1.00 bits per heavy atom. The molecule has 1 N–H and O–H groups in total. The van der Waals surface area contributed by atoms with Gasteiger partial charge in [-0.2, -0.15) is 0 Å². The van der Waals surface area contributed by atoms with Crippen molar-refractivity contribution in [3.63, 3.8) is 0 Å². The Labute approximate surface area is 198 Å². The number of amides is 1. The maximum Gasteiger partial charge on any atom is 0.430 e. The van der Waals surface area contributed by atoms with E-state index < -0.39 is 35.3 Å². The van der Waals surface area contributed by atoms with E-state index in [0.717, 1.165) is 5.01 Å². The molecule has 1 amide bonds. The average molecular weight is 548 g/mol. The van der Waals surface area contributed by atoms with Crippen molar-refractivity contribution in [3.05, 3.63) is 30.3 Å². The highest BCUT2D eigenvalue weighted by molar-refractivity contribution is 14.1. The quantitative estimate of drug-likeness (QED) is 0.213. The number of esters is 2. The smallest absolute Gasteiger partial charge is 0.430 e. The van der Waals surface area contributed by atoms with Gasteiger partial charge in [0.2, 0.25) is 0 Å². The van der Waals surface area contributed by atoms with E-state index in [1.165, 1.54) is 0 Å². The first-order valence-corrected chi connectivity index (χ1v) is 11.7. The van der Waals surface area contributed by atoms with Crippen LogP contribution in [0.2, 0.25) is 0 Å². The number of carbonyl (C=O) groups excluding carboxylic acids is 3. The number of halogens is 1. The Morgan fingerprint density at radius 2 is 1.58 bits per heavy atom. The second-order valence-corrected chi connectivity index (χ2v) is 9.90. The molecule has 0 bridgehead atoms. The summed E-state index contributed by atoms with van der Waals surface area (Å²) in [6.07, 6.45) is -0.819. The molecule has 174 valence electrons. The Balaban J connectivity index is 3.09. The lowest BCUT2D eigenvalue weighted by molar-refractivity contribution is -0.163. The van der Waals surface area contributed by atoms with Gasteiger partial charge in [-0.05, 0) is 60.1 Å². The fourth-order valence-electron chi connectivity index (χ4n) is 2.47. The highest BCUT2D eigenvalue weighted by Gasteiger charge is 2.35. The van der Waals surface area contributed by atoms with Gasteiger partial charge in [-0.3, -0.25) is 4.79 Å². The summed E-state index contributed by atoms with van der Waals surface area (Å²) in [5.41, 5.74) is 1.51. The molecule has 0 aromatic heterocycles. The van der Waals surface area contributed by atoms with Gasteiger partial charge in [-0.15, -0.1) is 0 Å². The third-order valence-corrected chi connectivity index (χ3v) is 4.09. The van der Waals surface area contributed by atoms with Crippen molar-refractivity contribution in [2.75, 3.05) is 11.0 Å². The van der Waals surface area contributed by atoms with Crippen LogP contribution in [-0.4, -0.2) is 51.3 Å². The van der Waals surface area contributed by atoms with Gasteiger partial charge < -0.3 is 14.2 Å². The highest BCUT2D eigenvalue weighted by atomic mass is 127. The predicted octanol–water partition coefficient (Wildman–Crippen LogP) is 4.26. The molecule has 9 heteroatoms. The summed E-state index contributed by atoms with van der Waals surface area (Å²) < 4.78 is 17.0. The molecule has 0 aliphatic rings. The number of ether oxygens (including phenoxy) is 3. The van der Waals surface area contributed by atoms with Crippen LogP contribution in [0.4, 0.5) is 4.79 Å². The summed E-state index contributed by atoms with van der Waals surface area (Å²) in [5, 5.41) is 1.10. The Bertz CT molecular complexity index is 728. The number of nitrogens with one attached hydrogen (secondary N) is 1. The minimum atomic E-state index is -1.08. The molecule has 8 nitrogen and oxygen atoms in total. The van der Waals surface area contributed by atoms with E-state index in [0.29, 0.717) is 16.7 Å². The van der Waals surface area contributed by atoms with Crippen molar-refractivity contribution in [2.45, 2.75) is 71.6 Å². The zero-order chi connectivity index (χ0) is 23.7. The maximum absolute atomic E-state index is 13.0. The molecule has 1 rings (SSSR count). The normalized spacial score (nSPS) is 12.6. The Hall–Kier alpha value is -1.88. The summed E-state index contributed by atoms with van der Waals surface area (Å²) in [6, 6.07) is 7.46. The van der Waals surface area contributed by atoms with Gasteiger partial charge in [0.15, 0.2) is 0 Å². The fraction of sp³-hybridized carbons (Fsp3) is 0.591. The van der Waals surface area contributed by atoms with Crippen molar-refractivity contribution in [2.24, 2.45) is 0 Å². The van der Waals surface area contributed by atoms with Gasteiger partial charge in [0, 0.05) is 17.4 Å². The van der Waals surface area contributed by atoms with Gasteiger partial charge in [0.05, 0.1) is 0 Å². The minimum absolute atomic E-state index is 0.0158. The molecule has 1 aromatic rings. The topological polar surface area (TPSA) is 94.2 Å². The largest absolute Gasteiger partial charge is 0.460 e. The van der Waals surface area contributed by atoms with Gasteiger partial charge in [-0.1, -0.05) is 40.8 Å². The molecule has 0 unspecified atom stereocenters. The van der Waals surface area contributed by atoms with Crippen LogP contribution in [0.15, 0.2) is 30.3 Å². The molecule has 1 atom stereocenters. The SMILES string of the molecule is CC(C)(C)OC(=O)CC[C@@H](C(=O)OC(C)(C)C)N(NCCI)C(=O)Oc1ccccc1. The number of nitrogens with zero attached hydrogens (tertiary/aromatic N) is 1. The second-order valence-electron chi connectivity index (χ2n) is 8.82. The highest BCUT2D eigenvalue weighted by Crippen LogP contribution is 2.18. The zero-order valence-electron chi connectivity index (χ0n) is 19.1. The van der Waals surface area contributed by atoms with E-state index in [1.54, 1.807) is 71.9 Å². The number of benzene rings is 1. The van der Waals surface area contributed by atoms with Gasteiger partial charge in [-0.25, -0.2) is 20.0 Å². The molecule has 0 aliphatic heterocycles. The van der Waals surface area contributed by atoms with E-state index >= 15 is 0 Å². The van der Waals surface area contributed by atoms with E-state index in [2.05, 4.69) is 28.0 Å². The number of hydrogen-bond donors (Lipinski definition) is 1. The van der Waals surface area contributed by atoms with Crippen LogP contribution in [0.1, 0.15) is 54.4 Å². The third kappa shape index (κ3) is 11.3. The Morgan fingerprint density at radius 3 is 2.10 bits per heavy atom. The predicted molar refractivity (Wildman–Crippen MR) is 126 cm³/mol. The first-order valence-electron chi connectivity index (χ1n) is 10.1. The summed E-state index contributed by atoms with van der Waals surface area (Å²) in [4.78, 5) is 38.1. The number of hydrogen-bond acceptors (Lipinski definition) is 7. The Kier molecular flexibility index (Phi) is 10.7. The fourth-order valence-corrected chi connectivity index (χ4v) is 2.71. The monoisotopic (exact) mass is 548 g/mol. The van der Waals surface area contributed by atoms with Crippen LogP contribution in [0.3, 0.4) is 0 Å². The molecule has 31 heavy (non-hydrogen) atoms. The van der Waals surface area contributed by atoms with Crippen molar-refractivity contribution >= 4 is 40.6 Å². The lowest BCUT2D eigenvalue weighted by Crippen LogP contribution is -2.55. The number of hydrazine groups is 1. The van der Waals surface area contributed by atoms with E-state index in [4.69, 9.17) is 14.2 Å². The molecule has 0 saturated carbocycles. The van der Waals surface area contributed by atoms with Crippen molar-refractivity contribution in [1.29, 1.82) is 0 Å². The lowest BCUT2D eigenvalue weighted by atomic mass is 10.1. The number of rotatable bonds is 9. The third-order valence-electron chi connectivity index (χ3n) is 3.55. The molecule has 0 aliphatic carbocycles. The molecular formula is C22H33IN2O6. The van der Waals surface area contributed by atoms with Crippen LogP contribution in [0.25, 0.3) is 0 Å². The summed E-state index contributed by atoms with van der Waals surface area (Å²) in [7, 11) is 0. The van der Waals surface area contributed by atoms with Crippen LogP contribution < -0.4 is 10.2 Å². The van der Waals surface area contributed by atoms with E-state index in [1.807, 2.05) is 0 Å². The van der Waals surface area contributed by atoms with Crippen molar-refractivity contribution in [3.8, 4) is 5.75 Å². The van der Waals surface area contributed by atoms with Crippen LogP contribution in [0, 0.1) is 0 Å². The van der Waals surface area contributed by atoms with Crippen molar-refractivity contribution < 1.29 is 28.6 Å². The van der Waals surface area contributed by atoms with Crippen molar-refractivity contribution in [1.82, 2.24) is 10.4 Å². The molecule has 0 saturated heterocycles. The van der Waals surface area contributed by atoms with Gasteiger partial charge >= 0.3 is 18.0 Å². The molecule has 0 fully saturated rings. The van der Waals surface area contributed by atoms with Crippen LogP contribution in [-0.2, 0) is 19.1 Å². The number of carbonyl (C=O) groups is 3.